The summed E-state index contributed by atoms with van der Waals surface area (Å²) in [5, 5.41) is 8.70. The smallest absolute Gasteiger partial charge is 0.125 e. The number of ether oxygens (including phenoxy) is 2. The summed E-state index contributed by atoms with van der Waals surface area (Å²) in [6.07, 6.45) is 0.332. The van der Waals surface area contributed by atoms with Crippen molar-refractivity contribution in [3.63, 3.8) is 0 Å². The molecule has 0 saturated carbocycles. The molecule has 1 unspecified atom stereocenters. The zero-order valence-corrected chi connectivity index (χ0v) is 23.0. The zero-order valence-electron chi connectivity index (χ0n) is 22.1. The highest BCUT2D eigenvalue weighted by Gasteiger charge is 2.49. The Morgan fingerprint density at radius 2 is 1.19 bits per heavy atom. The van der Waals surface area contributed by atoms with Gasteiger partial charge in [-0.3, -0.25) is 4.67 Å². The summed E-state index contributed by atoms with van der Waals surface area (Å²) < 4.78 is 20.3. The number of benzene rings is 3. The molecule has 0 N–H and O–H groups in total. The number of rotatable bonds is 12. The number of methoxy groups -OCH3 is 2. The molecule has 0 radical (unpaired) electrons. The molecule has 3 aromatic rings. The van der Waals surface area contributed by atoms with E-state index in [1.165, 1.54) is 0 Å². The Morgan fingerprint density at radius 1 is 0.750 bits per heavy atom. The van der Waals surface area contributed by atoms with E-state index >= 15 is 0 Å². The third kappa shape index (κ3) is 5.73. The van der Waals surface area contributed by atoms with Crippen LogP contribution in [-0.2, 0) is 9.68 Å². The van der Waals surface area contributed by atoms with Crippen molar-refractivity contribution < 1.29 is 14.0 Å². The van der Waals surface area contributed by atoms with Crippen LogP contribution < -0.4 is 9.47 Å². The Morgan fingerprint density at radius 3 is 1.58 bits per heavy atom. The first kappa shape index (κ1) is 27.7. The minimum Gasteiger partial charge on any atom is -0.497 e. The van der Waals surface area contributed by atoms with Crippen molar-refractivity contribution in [3.8, 4) is 17.6 Å². The van der Waals surface area contributed by atoms with Gasteiger partial charge in [-0.2, -0.15) is 5.26 Å². The van der Waals surface area contributed by atoms with Gasteiger partial charge in [0.15, 0.2) is 0 Å². The monoisotopic (exact) mass is 504 g/mol. The van der Waals surface area contributed by atoms with Crippen LogP contribution in [0.25, 0.3) is 0 Å². The van der Waals surface area contributed by atoms with Gasteiger partial charge in [-0.05, 0) is 68.7 Å². The van der Waals surface area contributed by atoms with E-state index in [0.717, 1.165) is 28.2 Å². The van der Waals surface area contributed by atoms with Crippen molar-refractivity contribution in [2.24, 2.45) is 0 Å². The number of nitrogens with zero attached hydrogens (tertiary/aromatic N) is 2. The van der Waals surface area contributed by atoms with E-state index in [-0.39, 0.29) is 12.1 Å². The minimum absolute atomic E-state index is 0.220. The SMILES string of the molecule is COc1ccc(C(c2ccccc2)(c2ccc(OC)cc2)P(OCCC#N)N(C(C)C)C(C)C)cc1. The number of hydrogen-bond donors (Lipinski definition) is 0. The van der Waals surface area contributed by atoms with Crippen molar-refractivity contribution >= 4 is 8.30 Å². The van der Waals surface area contributed by atoms with Crippen molar-refractivity contribution in [1.29, 1.82) is 5.26 Å². The fourth-order valence-electron chi connectivity index (χ4n) is 4.71. The van der Waals surface area contributed by atoms with E-state index in [1.54, 1.807) is 14.2 Å². The van der Waals surface area contributed by atoms with Gasteiger partial charge in [0.05, 0.1) is 33.3 Å². The number of nitriles is 1. The summed E-state index contributed by atoms with van der Waals surface area (Å²) >= 11 is 0. The first-order valence-corrected chi connectivity index (χ1v) is 13.5. The summed E-state index contributed by atoms with van der Waals surface area (Å²) in [5.41, 5.74) is 3.35. The van der Waals surface area contributed by atoms with Crippen molar-refractivity contribution in [1.82, 2.24) is 4.67 Å². The Labute approximate surface area is 217 Å². The van der Waals surface area contributed by atoms with Crippen LogP contribution in [0.15, 0.2) is 78.9 Å². The average Bonchev–Trinajstić information content (AvgIpc) is 2.90. The van der Waals surface area contributed by atoms with Crippen LogP contribution in [0, 0.1) is 11.3 Å². The van der Waals surface area contributed by atoms with Crippen LogP contribution in [0.1, 0.15) is 50.8 Å². The van der Waals surface area contributed by atoms with E-state index in [1.807, 2.05) is 30.3 Å². The summed E-state index contributed by atoms with van der Waals surface area (Å²) in [4.78, 5) is 0. The van der Waals surface area contributed by atoms with Crippen molar-refractivity contribution in [2.75, 3.05) is 20.8 Å². The van der Waals surface area contributed by atoms with Gasteiger partial charge in [-0.15, -0.1) is 0 Å². The first-order chi connectivity index (χ1) is 17.4. The molecule has 0 spiro atoms. The molecule has 0 aliphatic rings. The molecule has 36 heavy (non-hydrogen) atoms. The molecule has 0 heterocycles. The molecule has 0 aromatic heterocycles. The first-order valence-electron chi connectivity index (χ1n) is 12.3. The van der Waals surface area contributed by atoms with E-state index in [9.17, 15) is 5.26 Å². The zero-order chi connectivity index (χ0) is 26.1. The lowest BCUT2D eigenvalue weighted by atomic mass is 9.84. The lowest BCUT2D eigenvalue weighted by Crippen LogP contribution is -2.41. The molecule has 5 nitrogen and oxygen atoms in total. The summed E-state index contributed by atoms with van der Waals surface area (Å²) in [6, 6.07) is 29.8. The predicted octanol–water partition coefficient (Wildman–Crippen LogP) is 7.36. The lowest BCUT2D eigenvalue weighted by Gasteiger charge is -2.49. The Balaban J connectivity index is 2.43. The van der Waals surface area contributed by atoms with E-state index < -0.39 is 13.5 Å². The molecule has 3 rings (SSSR count). The molecule has 6 heteroatoms. The van der Waals surface area contributed by atoms with Gasteiger partial charge < -0.3 is 14.0 Å². The maximum absolute atomic E-state index is 9.34. The van der Waals surface area contributed by atoms with Crippen LogP contribution in [0.2, 0.25) is 0 Å². The topological polar surface area (TPSA) is 54.7 Å². The fourth-order valence-corrected chi connectivity index (χ4v) is 7.59. The van der Waals surface area contributed by atoms with Gasteiger partial charge in [0.25, 0.3) is 0 Å². The van der Waals surface area contributed by atoms with Crippen LogP contribution >= 0.6 is 8.30 Å². The minimum atomic E-state index is -1.32. The maximum Gasteiger partial charge on any atom is 0.125 e. The second-order valence-corrected chi connectivity index (χ2v) is 11.1. The van der Waals surface area contributed by atoms with Gasteiger partial charge >= 0.3 is 0 Å². The van der Waals surface area contributed by atoms with Gasteiger partial charge in [-0.1, -0.05) is 54.6 Å². The fraction of sp³-hybridized carbons (Fsp3) is 0.367. The molecule has 190 valence electrons. The van der Waals surface area contributed by atoms with Gasteiger partial charge in [0.2, 0.25) is 0 Å². The summed E-state index contributed by atoms with van der Waals surface area (Å²) in [7, 11) is 2.04. The van der Waals surface area contributed by atoms with Crippen molar-refractivity contribution in [3.05, 3.63) is 95.6 Å². The van der Waals surface area contributed by atoms with Gasteiger partial charge in [0.1, 0.15) is 25.0 Å². The van der Waals surface area contributed by atoms with Gasteiger partial charge in [-0.25, -0.2) is 0 Å². The second kappa shape index (κ2) is 12.9. The highest BCUT2D eigenvalue weighted by Crippen LogP contribution is 2.67. The molecule has 1 atom stereocenters. The van der Waals surface area contributed by atoms with Crippen LogP contribution in [0.5, 0.6) is 11.5 Å². The largest absolute Gasteiger partial charge is 0.497 e. The van der Waals surface area contributed by atoms with E-state index in [4.69, 9.17) is 14.0 Å². The molecular weight excluding hydrogens is 467 g/mol. The molecule has 3 aromatic carbocycles. The third-order valence-electron chi connectivity index (χ3n) is 6.19. The highest BCUT2D eigenvalue weighted by molar-refractivity contribution is 7.52. The standard InChI is InChI=1S/C30H37N2O3P/c1-23(2)32(24(3)4)36(35-22-10-21-31)30(25-11-8-7-9-12-25,26-13-17-28(33-5)18-14-26)27-15-19-29(34-6)20-16-27/h7-9,11-20,23-24H,10,22H2,1-6H3. The molecule has 0 amide bonds. The highest BCUT2D eigenvalue weighted by atomic mass is 31.2. The Kier molecular flexibility index (Phi) is 9.90. The quantitative estimate of drug-likeness (QED) is 0.147. The lowest BCUT2D eigenvalue weighted by molar-refractivity contribution is 0.247. The van der Waals surface area contributed by atoms with E-state index in [2.05, 4.69) is 87.0 Å². The maximum atomic E-state index is 9.34. The normalized spacial score (nSPS) is 12.6. The molecule has 0 aliphatic carbocycles. The Bertz CT molecular complexity index is 1050. The molecule has 0 bridgehead atoms. The van der Waals surface area contributed by atoms with Gasteiger partial charge in [0, 0.05) is 12.1 Å². The molecule has 0 aliphatic heterocycles. The van der Waals surface area contributed by atoms with Crippen LogP contribution in [0.3, 0.4) is 0 Å². The van der Waals surface area contributed by atoms with Crippen LogP contribution in [0.4, 0.5) is 0 Å². The Hall–Kier alpha value is -2.90. The molecule has 0 saturated heterocycles. The van der Waals surface area contributed by atoms with Crippen LogP contribution in [-0.4, -0.2) is 37.6 Å². The average molecular weight is 505 g/mol. The second-order valence-electron chi connectivity index (χ2n) is 9.12. The summed E-state index contributed by atoms with van der Waals surface area (Å²) in [5.74, 6) is 1.60. The molecular formula is C30H37N2O3P. The summed E-state index contributed by atoms with van der Waals surface area (Å²) in [6.45, 7) is 9.20. The predicted molar refractivity (Wildman–Crippen MR) is 148 cm³/mol. The van der Waals surface area contributed by atoms with E-state index in [0.29, 0.717) is 13.0 Å². The molecule has 0 fully saturated rings. The third-order valence-corrected chi connectivity index (χ3v) is 9.31. The number of hydrogen-bond acceptors (Lipinski definition) is 5. The van der Waals surface area contributed by atoms with Crippen molar-refractivity contribution in [2.45, 2.75) is 51.4 Å².